The summed E-state index contributed by atoms with van der Waals surface area (Å²) in [6.07, 6.45) is 6.69. The third-order valence-corrected chi connectivity index (χ3v) is 5.62. The Kier molecular flexibility index (Phi) is 3.27. The van der Waals surface area contributed by atoms with Gasteiger partial charge in [-0.1, -0.05) is 0 Å². The van der Waals surface area contributed by atoms with Crippen LogP contribution in [0.15, 0.2) is 0 Å². The highest BCUT2D eigenvalue weighted by Crippen LogP contribution is 2.56. The zero-order chi connectivity index (χ0) is 13.6. The summed E-state index contributed by atoms with van der Waals surface area (Å²) < 4.78 is 0. The lowest BCUT2D eigenvalue weighted by molar-refractivity contribution is -0.145. The molecule has 1 amide bonds. The van der Waals surface area contributed by atoms with Gasteiger partial charge in [-0.05, 0) is 61.7 Å². The molecule has 0 aromatic carbocycles. The average Bonchev–Trinajstić information content (AvgIpc) is 2.30. The second kappa shape index (κ2) is 4.80. The van der Waals surface area contributed by atoms with Crippen molar-refractivity contribution in [3.8, 4) is 0 Å². The van der Waals surface area contributed by atoms with Gasteiger partial charge in [-0.3, -0.25) is 9.59 Å². The van der Waals surface area contributed by atoms with E-state index in [-0.39, 0.29) is 12.5 Å². The molecule has 4 heteroatoms. The minimum absolute atomic E-state index is 0.101. The predicted octanol–water partition coefficient (Wildman–Crippen LogP) is 1.99. The maximum Gasteiger partial charge on any atom is 0.323 e. The van der Waals surface area contributed by atoms with E-state index in [0.29, 0.717) is 12.5 Å². The first-order valence-electron chi connectivity index (χ1n) is 7.50. The van der Waals surface area contributed by atoms with Crippen LogP contribution in [0.1, 0.15) is 39.0 Å². The van der Waals surface area contributed by atoms with Gasteiger partial charge in [0.2, 0.25) is 5.91 Å². The highest BCUT2D eigenvalue weighted by atomic mass is 16.4. The summed E-state index contributed by atoms with van der Waals surface area (Å²) in [6, 6.07) is 0. The molecule has 4 aliphatic rings. The van der Waals surface area contributed by atoms with Crippen molar-refractivity contribution in [1.82, 2.24) is 4.90 Å². The van der Waals surface area contributed by atoms with Gasteiger partial charge in [-0.15, -0.1) is 0 Å². The van der Waals surface area contributed by atoms with Gasteiger partial charge in [-0.2, -0.15) is 0 Å². The van der Waals surface area contributed by atoms with E-state index in [9.17, 15) is 9.59 Å². The second-order valence-electron chi connectivity index (χ2n) is 6.89. The standard InChI is InChI=1S/C15H23NO3/c1-9(17)16(8-15(18)19)7-14-12-3-10-2-11(5-12)6-13(14)4-10/h10-14H,2-8H2,1H3,(H,18,19). The van der Waals surface area contributed by atoms with E-state index in [1.54, 1.807) is 0 Å². The smallest absolute Gasteiger partial charge is 0.323 e. The topological polar surface area (TPSA) is 57.6 Å². The van der Waals surface area contributed by atoms with Gasteiger partial charge < -0.3 is 10.0 Å². The molecule has 4 bridgehead atoms. The number of aliphatic carboxylic acids is 1. The van der Waals surface area contributed by atoms with E-state index >= 15 is 0 Å². The normalized spacial score (nSPS) is 39.3. The molecule has 106 valence electrons. The highest BCUT2D eigenvalue weighted by molar-refractivity contribution is 5.79. The molecule has 0 unspecified atom stereocenters. The Morgan fingerprint density at radius 2 is 1.58 bits per heavy atom. The average molecular weight is 265 g/mol. The van der Waals surface area contributed by atoms with Crippen LogP contribution in [0.2, 0.25) is 0 Å². The van der Waals surface area contributed by atoms with E-state index in [1.165, 1.54) is 43.9 Å². The van der Waals surface area contributed by atoms with Crippen molar-refractivity contribution in [2.24, 2.45) is 29.6 Å². The molecule has 0 atom stereocenters. The second-order valence-corrected chi connectivity index (χ2v) is 6.89. The van der Waals surface area contributed by atoms with Crippen molar-refractivity contribution in [3.63, 3.8) is 0 Å². The number of rotatable bonds is 4. The molecule has 0 radical (unpaired) electrons. The summed E-state index contributed by atoms with van der Waals surface area (Å²) in [5, 5.41) is 8.92. The highest BCUT2D eigenvalue weighted by Gasteiger charge is 2.48. The SMILES string of the molecule is CC(=O)N(CC(=O)O)CC1C2CC3CC(C2)CC1C3. The van der Waals surface area contributed by atoms with Crippen LogP contribution in [0, 0.1) is 29.6 Å². The fourth-order valence-electron chi connectivity index (χ4n) is 5.06. The van der Waals surface area contributed by atoms with Gasteiger partial charge in [0.1, 0.15) is 6.54 Å². The van der Waals surface area contributed by atoms with E-state index in [0.717, 1.165) is 23.7 Å². The molecule has 0 spiro atoms. The molecule has 19 heavy (non-hydrogen) atoms. The molecule has 0 aromatic heterocycles. The Bertz CT molecular complexity index is 365. The molecule has 4 saturated carbocycles. The first kappa shape index (κ1) is 12.9. The number of carbonyl (C=O) groups is 2. The number of carboxylic acids is 1. The van der Waals surface area contributed by atoms with E-state index in [1.807, 2.05) is 0 Å². The fraction of sp³-hybridized carbons (Fsp3) is 0.867. The van der Waals surface area contributed by atoms with Crippen molar-refractivity contribution in [2.45, 2.75) is 39.0 Å². The van der Waals surface area contributed by atoms with Crippen LogP contribution < -0.4 is 0 Å². The van der Waals surface area contributed by atoms with E-state index < -0.39 is 5.97 Å². The lowest BCUT2D eigenvalue weighted by Crippen LogP contribution is -2.50. The molecule has 0 heterocycles. The van der Waals surface area contributed by atoms with Crippen LogP contribution >= 0.6 is 0 Å². The largest absolute Gasteiger partial charge is 0.480 e. The van der Waals surface area contributed by atoms with Crippen LogP contribution in [0.5, 0.6) is 0 Å². The summed E-state index contributed by atoms with van der Waals surface area (Å²) in [4.78, 5) is 24.0. The number of carboxylic acid groups (broad SMARTS) is 1. The summed E-state index contributed by atoms with van der Waals surface area (Å²) in [7, 11) is 0. The molecule has 1 N–H and O–H groups in total. The Balaban J connectivity index is 1.68. The van der Waals surface area contributed by atoms with Crippen LogP contribution in [0.25, 0.3) is 0 Å². The maximum absolute atomic E-state index is 11.6. The van der Waals surface area contributed by atoms with Crippen LogP contribution in [0.4, 0.5) is 0 Å². The predicted molar refractivity (Wildman–Crippen MR) is 70.4 cm³/mol. The lowest BCUT2D eigenvalue weighted by Gasteiger charge is -2.55. The molecular formula is C15H23NO3. The minimum atomic E-state index is -0.904. The van der Waals surface area contributed by atoms with Crippen molar-refractivity contribution in [3.05, 3.63) is 0 Å². The van der Waals surface area contributed by atoms with Gasteiger partial charge in [0.25, 0.3) is 0 Å². The van der Waals surface area contributed by atoms with Crippen LogP contribution in [-0.4, -0.2) is 35.0 Å². The summed E-state index contributed by atoms with van der Waals surface area (Å²) >= 11 is 0. The molecule has 0 saturated heterocycles. The fourth-order valence-corrected chi connectivity index (χ4v) is 5.06. The Morgan fingerprint density at radius 1 is 1.05 bits per heavy atom. The zero-order valence-electron chi connectivity index (χ0n) is 11.5. The summed E-state index contributed by atoms with van der Waals surface area (Å²) in [5.41, 5.74) is 0. The monoisotopic (exact) mass is 265 g/mol. The van der Waals surface area contributed by atoms with Crippen molar-refractivity contribution >= 4 is 11.9 Å². The molecule has 4 rings (SSSR count). The van der Waals surface area contributed by atoms with Crippen LogP contribution in [0.3, 0.4) is 0 Å². The minimum Gasteiger partial charge on any atom is -0.480 e. The number of carbonyl (C=O) groups excluding carboxylic acids is 1. The van der Waals surface area contributed by atoms with Crippen molar-refractivity contribution in [1.29, 1.82) is 0 Å². The number of hydrogen-bond acceptors (Lipinski definition) is 2. The third-order valence-electron chi connectivity index (χ3n) is 5.62. The number of hydrogen-bond donors (Lipinski definition) is 1. The summed E-state index contributed by atoms with van der Waals surface area (Å²) in [6.45, 7) is 2.01. The Labute approximate surface area is 114 Å². The number of nitrogens with zero attached hydrogens (tertiary/aromatic N) is 1. The first-order valence-corrected chi connectivity index (χ1v) is 7.50. The first-order chi connectivity index (χ1) is 9.02. The van der Waals surface area contributed by atoms with Crippen molar-refractivity contribution < 1.29 is 14.7 Å². The Morgan fingerprint density at radius 3 is 2.00 bits per heavy atom. The van der Waals surface area contributed by atoms with E-state index in [2.05, 4.69) is 0 Å². The molecule has 0 aromatic rings. The maximum atomic E-state index is 11.6. The van der Waals surface area contributed by atoms with Gasteiger partial charge in [0.15, 0.2) is 0 Å². The van der Waals surface area contributed by atoms with Gasteiger partial charge in [0.05, 0.1) is 0 Å². The zero-order valence-corrected chi connectivity index (χ0v) is 11.5. The molecule has 0 aliphatic heterocycles. The molecule has 4 aliphatic carbocycles. The quantitative estimate of drug-likeness (QED) is 0.845. The summed E-state index contributed by atoms with van der Waals surface area (Å²) in [5.74, 6) is 2.87. The molecular weight excluding hydrogens is 242 g/mol. The lowest BCUT2D eigenvalue weighted by atomic mass is 9.52. The third kappa shape index (κ3) is 2.49. The van der Waals surface area contributed by atoms with E-state index in [4.69, 9.17) is 5.11 Å². The Hall–Kier alpha value is -1.06. The van der Waals surface area contributed by atoms with Crippen molar-refractivity contribution in [2.75, 3.05) is 13.1 Å². The number of amides is 1. The molecule has 4 fully saturated rings. The molecule has 4 nitrogen and oxygen atoms in total. The van der Waals surface area contributed by atoms with Gasteiger partial charge >= 0.3 is 5.97 Å². The van der Waals surface area contributed by atoms with Gasteiger partial charge in [-0.25, -0.2) is 0 Å². The van der Waals surface area contributed by atoms with Gasteiger partial charge in [0, 0.05) is 13.5 Å². The van der Waals surface area contributed by atoms with Crippen LogP contribution in [-0.2, 0) is 9.59 Å².